The van der Waals surface area contributed by atoms with E-state index in [0.29, 0.717) is 19.5 Å². The molecule has 2 heterocycles. The number of benzene rings is 1. The highest BCUT2D eigenvalue weighted by Crippen LogP contribution is 2.15. The summed E-state index contributed by atoms with van der Waals surface area (Å²) < 4.78 is 31.7. The highest BCUT2D eigenvalue weighted by atomic mass is 19.4. The minimum Gasteiger partial charge on any atom is -0.475 e. The summed E-state index contributed by atoms with van der Waals surface area (Å²) in [4.78, 5) is 41.2. The molecule has 1 aromatic carbocycles. The zero-order valence-electron chi connectivity index (χ0n) is 21.8. The van der Waals surface area contributed by atoms with Crippen LogP contribution in [0.1, 0.15) is 53.6 Å². The van der Waals surface area contributed by atoms with Gasteiger partial charge in [0.05, 0.1) is 0 Å². The lowest BCUT2D eigenvalue weighted by Gasteiger charge is -2.30. The predicted molar refractivity (Wildman–Crippen MR) is 134 cm³/mol. The molecule has 0 bridgehead atoms. The number of carboxylic acids is 1. The van der Waals surface area contributed by atoms with Crippen molar-refractivity contribution in [1.29, 1.82) is 0 Å². The molecular formula is C26H39F3N4O4. The summed E-state index contributed by atoms with van der Waals surface area (Å²) in [5, 5.41) is 10.4. The number of carboxylic acid groups (broad SMARTS) is 1. The van der Waals surface area contributed by atoms with Crippen LogP contribution in [0.25, 0.3) is 0 Å². The van der Waals surface area contributed by atoms with Crippen molar-refractivity contribution in [2.45, 2.75) is 52.1 Å². The van der Waals surface area contributed by atoms with Crippen LogP contribution in [0.5, 0.6) is 0 Å². The normalized spacial score (nSPS) is 16.5. The van der Waals surface area contributed by atoms with E-state index in [1.165, 1.54) is 32.4 Å². The molecule has 2 amide bonds. The van der Waals surface area contributed by atoms with E-state index < -0.39 is 12.1 Å². The number of hydrogen-bond acceptors (Lipinski definition) is 5. The molecule has 11 heteroatoms. The Balaban J connectivity index is 0.000000604. The largest absolute Gasteiger partial charge is 0.490 e. The molecular weight excluding hydrogens is 489 g/mol. The number of rotatable bonds is 8. The zero-order chi connectivity index (χ0) is 27.4. The first-order valence-electron chi connectivity index (χ1n) is 12.9. The minimum atomic E-state index is -5.08. The number of carbonyl (C=O) groups is 3. The van der Waals surface area contributed by atoms with Crippen molar-refractivity contribution in [3.05, 3.63) is 34.9 Å². The van der Waals surface area contributed by atoms with E-state index >= 15 is 0 Å². The summed E-state index contributed by atoms with van der Waals surface area (Å²) in [7, 11) is 0. The number of halogens is 3. The molecule has 37 heavy (non-hydrogen) atoms. The van der Waals surface area contributed by atoms with Gasteiger partial charge in [-0.15, -0.1) is 0 Å². The lowest BCUT2D eigenvalue weighted by molar-refractivity contribution is -0.192. The standard InChI is InChI=1S/C24H38N4O2.C2HF3O2/c1-20-17-21(2)19-22(18-20)24(30)28(13-6-12-26-10-4-3-5-11-26)14-7-23(29)27-15-8-25-9-16-27;3-2(4,5)1(6)7/h17-19,25H,3-16H2,1-2H3;(H,6,7). The SMILES string of the molecule is Cc1cc(C)cc(C(=O)N(CCCN2CCCCC2)CCC(=O)N2CCNCC2)c1.O=C(O)C(F)(F)F. The van der Waals surface area contributed by atoms with Gasteiger partial charge in [-0.2, -0.15) is 13.2 Å². The summed E-state index contributed by atoms with van der Waals surface area (Å²) >= 11 is 0. The Kier molecular flexibility index (Phi) is 12.3. The fourth-order valence-electron chi connectivity index (χ4n) is 4.57. The molecule has 1 aromatic rings. The topological polar surface area (TPSA) is 93.2 Å². The van der Waals surface area contributed by atoms with Gasteiger partial charge < -0.3 is 25.1 Å². The zero-order valence-corrected chi connectivity index (χ0v) is 21.8. The summed E-state index contributed by atoms with van der Waals surface area (Å²) in [6.45, 7) is 11.9. The smallest absolute Gasteiger partial charge is 0.475 e. The number of amides is 2. The van der Waals surface area contributed by atoms with Gasteiger partial charge in [0.25, 0.3) is 5.91 Å². The average molecular weight is 529 g/mol. The summed E-state index contributed by atoms with van der Waals surface area (Å²) in [5.41, 5.74) is 2.94. The molecule has 0 atom stereocenters. The third kappa shape index (κ3) is 11.1. The van der Waals surface area contributed by atoms with E-state index in [4.69, 9.17) is 9.90 Å². The monoisotopic (exact) mass is 528 g/mol. The van der Waals surface area contributed by atoms with Crippen LogP contribution in [0.15, 0.2) is 18.2 Å². The van der Waals surface area contributed by atoms with Crippen molar-refractivity contribution in [3.63, 3.8) is 0 Å². The van der Waals surface area contributed by atoms with Crippen LogP contribution in [0.4, 0.5) is 13.2 Å². The fourth-order valence-corrected chi connectivity index (χ4v) is 4.57. The first-order chi connectivity index (χ1) is 17.5. The molecule has 208 valence electrons. The van der Waals surface area contributed by atoms with Crippen LogP contribution in [0.3, 0.4) is 0 Å². The van der Waals surface area contributed by atoms with Crippen LogP contribution < -0.4 is 5.32 Å². The van der Waals surface area contributed by atoms with E-state index in [1.54, 1.807) is 0 Å². The van der Waals surface area contributed by atoms with Crippen molar-refractivity contribution >= 4 is 17.8 Å². The Morgan fingerprint density at radius 1 is 0.946 bits per heavy atom. The summed E-state index contributed by atoms with van der Waals surface area (Å²) in [6, 6.07) is 6.02. The van der Waals surface area contributed by atoms with E-state index in [2.05, 4.69) is 16.3 Å². The van der Waals surface area contributed by atoms with E-state index in [1.807, 2.05) is 35.8 Å². The first-order valence-corrected chi connectivity index (χ1v) is 12.9. The molecule has 2 saturated heterocycles. The molecule has 0 aromatic heterocycles. The number of nitrogens with one attached hydrogen (secondary N) is 1. The number of piperazine rings is 1. The second kappa shape index (κ2) is 14.9. The molecule has 2 fully saturated rings. The Morgan fingerprint density at radius 3 is 2.05 bits per heavy atom. The number of aliphatic carboxylic acids is 1. The highest BCUT2D eigenvalue weighted by molar-refractivity contribution is 5.95. The molecule has 0 saturated carbocycles. The van der Waals surface area contributed by atoms with Crippen molar-refractivity contribution in [2.75, 3.05) is 58.9 Å². The molecule has 0 spiro atoms. The van der Waals surface area contributed by atoms with Gasteiger partial charge in [-0.3, -0.25) is 9.59 Å². The Hall–Kier alpha value is -2.66. The summed E-state index contributed by atoms with van der Waals surface area (Å²) in [6.07, 6.45) is 0.176. The van der Waals surface area contributed by atoms with Crippen LogP contribution >= 0.6 is 0 Å². The van der Waals surface area contributed by atoms with Gasteiger partial charge in [0.15, 0.2) is 0 Å². The number of alkyl halides is 3. The van der Waals surface area contributed by atoms with Gasteiger partial charge in [0, 0.05) is 51.3 Å². The fraction of sp³-hybridized carbons (Fsp3) is 0.654. The molecule has 0 radical (unpaired) electrons. The second-order valence-electron chi connectivity index (χ2n) is 9.61. The molecule has 0 unspecified atom stereocenters. The predicted octanol–water partition coefficient (Wildman–Crippen LogP) is 3.08. The third-order valence-electron chi connectivity index (χ3n) is 6.41. The van der Waals surface area contributed by atoms with E-state index in [-0.39, 0.29) is 11.8 Å². The number of nitrogens with zero attached hydrogens (tertiary/aromatic N) is 3. The Bertz CT molecular complexity index is 878. The number of carbonyl (C=O) groups excluding carboxylic acids is 2. The highest BCUT2D eigenvalue weighted by Gasteiger charge is 2.38. The average Bonchev–Trinajstić information content (AvgIpc) is 2.86. The molecule has 2 aliphatic rings. The van der Waals surface area contributed by atoms with Crippen molar-refractivity contribution in [2.24, 2.45) is 0 Å². The van der Waals surface area contributed by atoms with Gasteiger partial charge in [0.1, 0.15) is 0 Å². The molecule has 3 rings (SSSR count). The van der Waals surface area contributed by atoms with Gasteiger partial charge in [-0.05, 0) is 64.9 Å². The number of aryl methyl sites for hydroxylation is 2. The van der Waals surface area contributed by atoms with Crippen LogP contribution in [0, 0.1) is 13.8 Å². The number of hydrogen-bond donors (Lipinski definition) is 2. The van der Waals surface area contributed by atoms with Gasteiger partial charge in [-0.1, -0.05) is 23.6 Å². The van der Waals surface area contributed by atoms with Gasteiger partial charge >= 0.3 is 12.1 Å². The summed E-state index contributed by atoms with van der Waals surface area (Å²) in [5.74, 6) is -2.55. The van der Waals surface area contributed by atoms with Crippen molar-refractivity contribution < 1.29 is 32.7 Å². The molecule has 8 nitrogen and oxygen atoms in total. The third-order valence-corrected chi connectivity index (χ3v) is 6.41. The molecule has 2 aliphatic heterocycles. The van der Waals surface area contributed by atoms with E-state index in [9.17, 15) is 22.8 Å². The lowest BCUT2D eigenvalue weighted by atomic mass is 10.1. The maximum absolute atomic E-state index is 13.3. The number of piperidine rings is 1. The van der Waals surface area contributed by atoms with Crippen LogP contribution in [-0.4, -0.2) is 103 Å². The second-order valence-corrected chi connectivity index (χ2v) is 9.61. The molecule has 2 N–H and O–H groups in total. The maximum atomic E-state index is 13.3. The van der Waals surface area contributed by atoms with Crippen molar-refractivity contribution in [3.8, 4) is 0 Å². The van der Waals surface area contributed by atoms with Crippen LogP contribution in [-0.2, 0) is 9.59 Å². The Labute approximate surface area is 216 Å². The maximum Gasteiger partial charge on any atom is 0.490 e. The quantitative estimate of drug-likeness (QED) is 0.539. The van der Waals surface area contributed by atoms with Gasteiger partial charge in [-0.25, -0.2) is 4.79 Å². The Morgan fingerprint density at radius 2 is 1.51 bits per heavy atom. The lowest BCUT2D eigenvalue weighted by Crippen LogP contribution is -2.47. The van der Waals surface area contributed by atoms with E-state index in [0.717, 1.165) is 55.8 Å². The minimum absolute atomic E-state index is 0.0496. The van der Waals surface area contributed by atoms with Crippen molar-refractivity contribution in [1.82, 2.24) is 20.0 Å². The molecule has 0 aliphatic carbocycles. The van der Waals surface area contributed by atoms with Gasteiger partial charge in [0.2, 0.25) is 5.91 Å². The first kappa shape index (κ1) is 30.6. The van der Waals surface area contributed by atoms with Crippen LogP contribution in [0.2, 0.25) is 0 Å². The number of likely N-dealkylation sites (tertiary alicyclic amines) is 1.